The number of carbonyl (C=O) groups excluding carboxylic acids is 1. The van der Waals surface area contributed by atoms with E-state index in [-0.39, 0.29) is 11.8 Å². The van der Waals surface area contributed by atoms with Crippen LogP contribution in [0.4, 0.5) is 0 Å². The summed E-state index contributed by atoms with van der Waals surface area (Å²) in [4.78, 5) is 21.8. The van der Waals surface area contributed by atoms with Crippen molar-refractivity contribution in [3.63, 3.8) is 0 Å². The third-order valence-electron chi connectivity index (χ3n) is 2.51. The van der Waals surface area contributed by atoms with Crippen LogP contribution in [0.5, 0.6) is 0 Å². The number of ketones is 1. The Kier molecular flexibility index (Phi) is 9.11. The summed E-state index contributed by atoms with van der Waals surface area (Å²) >= 11 is 4.01. The predicted octanol–water partition coefficient (Wildman–Crippen LogP) is 0.565. The normalized spacial score (nSPS) is 14.3. The fourth-order valence-electron chi connectivity index (χ4n) is 1.45. The molecule has 0 rings (SSSR count). The van der Waals surface area contributed by atoms with E-state index in [1.54, 1.807) is 0 Å². The Morgan fingerprint density at radius 2 is 1.82 bits per heavy atom. The minimum absolute atomic E-state index is 0.147. The first-order valence-corrected chi connectivity index (χ1v) is 6.47. The SMILES string of the molecule is NC(CS)CC(=O)CCCCCC(N)C(=O)O. The van der Waals surface area contributed by atoms with Crippen LogP contribution in [-0.4, -0.2) is 34.7 Å². The van der Waals surface area contributed by atoms with Gasteiger partial charge in [-0.25, -0.2) is 0 Å². The molecule has 0 aromatic heterocycles. The number of hydrogen-bond acceptors (Lipinski definition) is 5. The predicted molar refractivity (Wildman–Crippen MR) is 70.1 cm³/mol. The van der Waals surface area contributed by atoms with Crippen LogP contribution in [-0.2, 0) is 9.59 Å². The summed E-state index contributed by atoms with van der Waals surface area (Å²) in [6.07, 6.45) is 3.66. The molecule has 0 amide bonds. The molecule has 0 aliphatic heterocycles. The van der Waals surface area contributed by atoms with Crippen molar-refractivity contribution in [2.24, 2.45) is 11.5 Å². The van der Waals surface area contributed by atoms with Gasteiger partial charge in [-0.1, -0.05) is 12.8 Å². The van der Waals surface area contributed by atoms with Crippen LogP contribution in [0.3, 0.4) is 0 Å². The molecule has 0 bridgehead atoms. The fraction of sp³-hybridized carbons (Fsp3) is 0.818. The molecule has 0 heterocycles. The van der Waals surface area contributed by atoms with Gasteiger partial charge in [0.15, 0.2) is 0 Å². The molecule has 0 aromatic rings. The van der Waals surface area contributed by atoms with Crippen molar-refractivity contribution in [1.29, 1.82) is 0 Å². The Bertz CT molecular complexity index is 249. The van der Waals surface area contributed by atoms with Crippen molar-refractivity contribution in [1.82, 2.24) is 0 Å². The average Bonchev–Trinajstić information content (AvgIpc) is 2.27. The maximum Gasteiger partial charge on any atom is 0.320 e. The van der Waals surface area contributed by atoms with Crippen LogP contribution < -0.4 is 11.5 Å². The van der Waals surface area contributed by atoms with E-state index in [9.17, 15) is 9.59 Å². The van der Waals surface area contributed by atoms with Gasteiger partial charge < -0.3 is 16.6 Å². The molecular weight excluding hydrogens is 240 g/mol. The van der Waals surface area contributed by atoms with Gasteiger partial charge >= 0.3 is 5.97 Å². The maximum atomic E-state index is 11.4. The van der Waals surface area contributed by atoms with Gasteiger partial charge in [-0.2, -0.15) is 12.6 Å². The van der Waals surface area contributed by atoms with Gasteiger partial charge in [0, 0.05) is 24.6 Å². The highest BCUT2D eigenvalue weighted by molar-refractivity contribution is 7.80. The first kappa shape index (κ1) is 16.4. The molecule has 0 saturated heterocycles. The first-order valence-electron chi connectivity index (χ1n) is 5.84. The van der Waals surface area contributed by atoms with E-state index in [1.165, 1.54) is 0 Å². The molecule has 0 fully saturated rings. The topological polar surface area (TPSA) is 106 Å². The number of carboxylic acid groups (broad SMARTS) is 1. The van der Waals surface area contributed by atoms with Crippen molar-refractivity contribution in [3.05, 3.63) is 0 Å². The second-order valence-electron chi connectivity index (χ2n) is 4.23. The van der Waals surface area contributed by atoms with Gasteiger partial charge in [0.1, 0.15) is 11.8 Å². The molecule has 0 aromatic carbocycles. The molecule has 2 unspecified atom stereocenters. The molecule has 0 aliphatic rings. The molecule has 0 radical (unpaired) electrons. The van der Waals surface area contributed by atoms with E-state index in [0.717, 1.165) is 19.3 Å². The largest absolute Gasteiger partial charge is 0.480 e. The Morgan fingerprint density at radius 1 is 1.18 bits per heavy atom. The molecular formula is C11H22N2O3S. The molecule has 100 valence electrons. The van der Waals surface area contributed by atoms with E-state index in [4.69, 9.17) is 16.6 Å². The smallest absolute Gasteiger partial charge is 0.320 e. The van der Waals surface area contributed by atoms with Crippen LogP contribution in [0.15, 0.2) is 0 Å². The van der Waals surface area contributed by atoms with Crippen molar-refractivity contribution in [2.45, 2.75) is 50.6 Å². The van der Waals surface area contributed by atoms with E-state index in [1.807, 2.05) is 0 Å². The van der Waals surface area contributed by atoms with Gasteiger partial charge in [-0.15, -0.1) is 0 Å². The second-order valence-corrected chi connectivity index (χ2v) is 4.59. The third kappa shape index (κ3) is 9.14. The van der Waals surface area contributed by atoms with Crippen LogP contribution in [0.25, 0.3) is 0 Å². The summed E-state index contributed by atoms with van der Waals surface area (Å²) in [6.45, 7) is 0. The monoisotopic (exact) mass is 262 g/mol. The zero-order valence-electron chi connectivity index (χ0n) is 9.97. The molecule has 5 nitrogen and oxygen atoms in total. The molecule has 6 heteroatoms. The van der Waals surface area contributed by atoms with Gasteiger partial charge in [-0.05, 0) is 12.8 Å². The van der Waals surface area contributed by atoms with E-state index >= 15 is 0 Å². The number of rotatable bonds is 10. The number of carboxylic acids is 1. The van der Waals surface area contributed by atoms with Gasteiger partial charge in [0.25, 0.3) is 0 Å². The minimum atomic E-state index is -0.971. The van der Waals surface area contributed by atoms with Crippen molar-refractivity contribution in [3.8, 4) is 0 Å². The lowest BCUT2D eigenvalue weighted by Gasteiger charge is -2.07. The molecule has 0 spiro atoms. The van der Waals surface area contributed by atoms with Crippen molar-refractivity contribution in [2.75, 3.05) is 5.75 Å². The number of carbonyl (C=O) groups is 2. The Balaban J connectivity index is 3.45. The quantitative estimate of drug-likeness (QED) is 0.340. The zero-order chi connectivity index (χ0) is 13.3. The number of unbranched alkanes of at least 4 members (excludes halogenated alkanes) is 2. The molecule has 5 N–H and O–H groups in total. The average molecular weight is 262 g/mol. The van der Waals surface area contributed by atoms with Crippen molar-refractivity contribution >= 4 is 24.4 Å². The highest BCUT2D eigenvalue weighted by Gasteiger charge is 2.11. The van der Waals surface area contributed by atoms with Crippen molar-refractivity contribution < 1.29 is 14.7 Å². The van der Waals surface area contributed by atoms with Crippen LogP contribution in [0.1, 0.15) is 38.5 Å². The maximum absolute atomic E-state index is 11.4. The highest BCUT2D eigenvalue weighted by Crippen LogP contribution is 2.07. The standard InChI is InChI=1S/C11H22N2O3S/c12-8(7-17)6-9(14)4-2-1-3-5-10(13)11(15)16/h8,10,17H,1-7,12-13H2,(H,15,16). The van der Waals surface area contributed by atoms with Gasteiger partial charge in [-0.3, -0.25) is 9.59 Å². The van der Waals surface area contributed by atoms with E-state index in [2.05, 4.69) is 12.6 Å². The Labute approximate surface area is 107 Å². The minimum Gasteiger partial charge on any atom is -0.480 e. The van der Waals surface area contributed by atoms with E-state index in [0.29, 0.717) is 25.0 Å². The molecule has 0 saturated carbocycles. The molecule has 0 aliphatic carbocycles. The summed E-state index contributed by atoms with van der Waals surface area (Å²) in [5.41, 5.74) is 10.9. The van der Waals surface area contributed by atoms with Crippen LogP contribution in [0.2, 0.25) is 0 Å². The Hall–Kier alpha value is -0.590. The number of hydrogen-bond donors (Lipinski definition) is 4. The number of aliphatic carboxylic acids is 1. The fourth-order valence-corrected chi connectivity index (χ4v) is 1.57. The summed E-state index contributed by atoms with van der Waals surface area (Å²) < 4.78 is 0. The number of thiol groups is 1. The molecule has 2 atom stereocenters. The zero-order valence-corrected chi connectivity index (χ0v) is 10.9. The summed E-state index contributed by atoms with van der Waals surface area (Å²) in [5.74, 6) is -0.311. The van der Waals surface area contributed by atoms with Crippen LogP contribution in [0, 0.1) is 0 Å². The van der Waals surface area contributed by atoms with Gasteiger partial charge in [0.05, 0.1) is 0 Å². The lowest BCUT2D eigenvalue weighted by atomic mass is 10.0. The van der Waals surface area contributed by atoms with Gasteiger partial charge in [0.2, 0.25) is 0 Å². The lowest BCUT2D eigenvalue weighted by Crippen LogP contribution is -2.29. The first-order chi connectivity index (χ1) is 7.97. The van der Waals surface area contributed by atoms with Crippen LogP contribution >= 0.6 is 12.6 Å². The summed E-state index contributed by atoms with van der Waals surface area (Å²) in [6, 6.07) is -0.949. The molecule has 17 heavy (non-hydrogen) atoms. The third-order valence-corrected chi connectivity index (χ3v) is 2.98. The number of nitrogens with two attached hydrogens (primary N) is 2. The summed E-state index contributed by atoms with van der Waals surface area (Å²) in [7, 11) is 0. The number of Topliss-reactive ketones (excluding diaryl/α,β-unsaturated/α-hetero) is 1. The highest BCUT2D eigenvalue weighted by atomic mass is 32.1. The Morgan fingerprint density at radius 3 is 2.35 bits per heavy atom. The second kappa shape index (κ2) is 9.44. The lowest BCUT2D eigenvalue weighted by molar-refractivity contribution is -0.138. The van der Waals surface area contributed by atoms with E-state index < -0.39 is 12.0 Å². The summed E-state index contributed by atoms with van der Waals surface area (Å²) in [5, 5.41) is 8.55.